The zero-order valence-electron chi connectivity index (χ0n) is 21.3. The molecule has 0 bridgehead atoms. The summed E-state index contributed by atoms with van der Waals surface area (Å²) >= 11 is 12.6. The fraction of sp³-hybridized carbons (Fsp3) is 0.0645. The number of H-pyrrole nitrogens is 1. The Morgan fingerprint density at radius 3 is 2.40 bits per heavy atom. The number of para-hydroxylation sites is 1. The molecule has 2 N–H and O–H groups in total. The van der Waals surface area contributed by atoms with Gasteiger partial charge in [0.25, 0.3) is 5.91 Å². The normalized spacial score (nSPS) is 11.1. The summed E-state index contributed by atoms with van der Waals surface area (Å²) < 4.78 is 11.2. The Kier molecular flexibility index (Phi) is 8.15. The molecule has 0 radical (unpaired) electrons. The number of esters is 1. The van der Waals surface area contributed by atoms with Gasteiger partial charge in [0.2, 0.25) is 0 Å². The Morgan fingerprint density at radius 1 is 0.900 bits per heavy atom. The first-order chi connectivity index (χ1) is 19.5. The molecule has 0 saturated carbocycles. The summed E-state index contributed by atoms with van der Waals surface area (Å²) in [6.45, 7) is 2.16. The number of nitrogens with one attached hydrogen (secondary N) is 2. The highest BCUT2D eigenvalue weighted by Gasteiger charge is 2.20. The molecule has 5 rings (SSSR count). The summed E-state index contributed by atoms with van der Waals surface area (Å²) in [5, 5.41) is 5.83. The van der Waals surface area contributed by atoms with Crippen LogP contribution in [-0.2, 0) is 0 Å². The average molecular weight is 572 g/mol. The first-order valence-electron chi connectivity index (χ1n) is 12.4. The second kappa shape index (κ2) is 12.1. The van der Waals surface area contributed by atoms with E-state index in [4.69, 9.17) is 32.7 Å². The number of hydrogen-bond donors (Lipinski definition) is 2. The molecular weight excluding hydrogens is 549 g/mol. The van der Waals surface area contributed by atoms with Gasteiger partial charge in [0, 0.05) is 27.1 Å². The van der Waals surface area contributed by atoms with Crippen LogP contribution in [0.5, 0.6) is 11.5 Å². The number of fused-ring (bicyclic) bond motifs is 1. The van der Waals surface area contributed by atoms with E-state index in [-0.39, 0.29) is 16.3 Å². The molecule has 0 spiro atoms. The number of rotatable bonds is 8. The van der Waals surface area contributed by atoms with Crippen LogP contribution in [0.3, 0.4) is 0 Å². The molecule has 200 valence electrons. The van der Waals surface area contributed by atoms with Crippen molar-refractivity contribution >= 4 is 52.2 Å². The SMILES string of the molecule is CCOc1cc(C=NNC(=O)c2[nH]c3ccccc3c2-c2ccccc2Cl)ccc1OC(=O)c1ccccc1Cl. The largest absolute Gasteiger partial charge is 0.490 e. The van der Waals surface area contributed by atoms with Crippen LogP contribution in [0.2, 0.25) is 10.0 Å². The van der Waals surface area contributed by atoms with Crippen LogP contribution in [0.25, 0.3) is 22.0 Å². The fourth-order valence-corrected chi connectivity index (χ4v) is 4.66. The minimum Gasteiger partial charge on any atom is -0.490 e. The number of carbonyl (C=O) groups is 2. The van der Waals surface area contributed by atoms with E-state index in [1.54, 1.807) is 48.5 Å². The third-order valence-electron chi connectivity index (χ3n) is 6.02. The zero-order valence-corrected chi connectivity index (χ0v) is 22.8. The number of amides is 1. The van der Waals surface area contributed by atoms with E-state index in [0.717, 1.165) is 16.5 Å². The van der Waals surface area contributed by atoms with Crippen molar-refractivity contribution in [3.63, 3.8) is 0 Å². The topological polar surface area (TPSA) is 92.8 Å². The summed E-state index contributed by atoms with van der Waals surface area (Å²) in [6, 6.07) is 26.5. The van der Waals surface area contributed by atoms with Gasteiger partial charge in [-0.3, -0.25) is 4.79 Å². The third-order valence-corrected chi connectivity index (χ3v) is 6.68. The van der Waals surface area contributed by atoms with E-state index in [0.29, 0.717) is 34.2 Å². The van der Waals surface area contributed by atoms with Crippen molar-refractivity contribution in [2.75, 3.05) is 6.61 Å². The predicted octanol–water partition coefficient (Wildman–Crippen LogP) is 7.52. The fourth-order valence-electron chi connectivity index (χ4n) is 4.22. The summed E-state index contributed by atoms with van der Waals surface area (Å²) in [5.74, 6) is -0.462. The van der Waals surface area contributed by atoms with E-state index in [9.17, 15) is 9.59 Å². The number of benzene rings is 4. The van der Waals surface area contributed by atoms with Gasteiger partial charge >= 0.3 is 5.97 Å². The van der Waals surface area contributed by atoms with Gasteiger partial charge in [0.05, 0.1) is 23.4 Å². The average Bonchev–Trinajstić information content (AvgIpc) is 3.34. The van der Waals surface area contributed by atoms with Crippen molar-refractivity contribution in [3.8, 4) is 22.6 Å². The van der Waals surface area contributed by atoms with E-state index >= 15 is 0 Å². The molecule has 40 heavy (non-hydrogen) atoms. The molecule has 0 atom stereocenters. The van der Waals surface area contributed by atoms with Crippen LogP contribution in [0, 0.1) is 0 Å². The van der Waals surface area contributed by atoms with Gasteiger partial charge in [0.1, 0.15) is 5.69 Å². The maximum absolute atomic E-state index is 13.2. The molecular formula is C31H23Cl2N3O4. The molecule has 1 heterocycles. The van der Waals surface area contributed by atoms with Crippen LogP contribution in [0.1, 0.15) is 33.3 Å². The number of aromatic nitrogens is 1. The van der Waals surface area contributed by atoms with Crippen molar-refractivity contribution < 1.29 is 19.1 Å². The lowest BCUT2D eigenvalue weighted by atomic mass is 10.0. The molecule has 1 amide bonds. The summed E-state index contributed by atoms with van der Waals surface area (Å²) in [5.41, 5.74) is 6.00. The zero-order chi connectivity index (χ0) is 28.1. The molecule has 0 aliphatic carbocycles. The molecule has 4 aromatic carbocycles. The maximum atomic E-state index is 13.2. The van der Waals surface area contributed by atoms with Crippen molar-refractivity contribution in [3.05, 3.63) is 118 Å². The Balaban J connectivity index is 1.37. The van der Waals surface area contributed by atoms with Crippen molar-refractivity contribution in [2.45, 2.75) is 6.92 Å². The highest BCUT2D eigenvalue weighted by atomic mass is 35.5. The third kappa shape index (κ3) is 5.71. The summed E-state index contributed by atoms with van der Waals surface area (Å²) in [7, 11) is 0. The second-order valence-corrected chi connectivity index (χ2v) is 9.42. The van der Waals surface area contributed by atoms with Crippen molar-refractivity contribution in [1.29, 1.82) is 0 Å². The van der Waals surface area contributed by atoms with Gasteiger partial charge in [-0.05, 0) is 55.0 Å². The quantitative estimate of drug-likeness (QED) is 0.0871. The molecule has 1 aromatic heterocycles. The van der Waals surface area contributed by atoms with E-state index < -0.39 is 11.9 Å². The maximum Gasteiger partial charge on any atom is 0.345 e. The number of ether oxygens (including phenoxy) is 2. The van der Waals surface area contributed by atoms with Crippen LogP contribution in [-0.4, -0.2) is 29.7 Å². The first-order valence-corrected chi connectivity index (χ1v) is 13.1. The number of halogens is 2. The molecule has 0 aliphatic rings. The van der Waals surface area contributed by atoms with Crippen LogP contribution in [0.4, 0.5) is 0 Å². The standard InChI is InChI=1S/C31H23Cl2N3O4/c1-2-39-27-17-19(15-16-26(27)40-31(38)21-10-4-7-13-24(21)33)18-34-36-30(37)29-28(20-9-3-6-12-23(20)32)22-11-5-8-14-25(22)35-29/h3-18,35H,2H2,1H3,(H,36,37). The Labute approximate surface area is 240 Å². The smallest absolute Gasteiger partial charge is 0.345 e. The lowest BCUT2D eigenvalue weighted by molar-refractivity contribution is 0.0728. The molecule has 0 saturated heterocycles. The van der Waals surface area contributed by atoms with E-state index in [1.807, 2.05) is 49.4 Å². The van der Waals surface area contributed by atoms with Gasteiger partial charge in [-0.25, -0.2) is 10.2 Å². The molecule has 0 aliphatic heterocycles. The molecule has 7 nitrogen and oxygen atoms in total. The number of nitrogens with zero attached hydrogens (tertiary/aromatic N) is 1. The van der Waals surface area contributed by atoms with Gasteiger partial charge in [-0.2, -0.15) is 5.10 Å². The second-order valence-electron chi connectivity index (χ2n) is 8.61. The highest BCUT2D eigenvalue weighted by Crippen LogP contribution is 2.36. The molecule has 0 unspecified atom stereocenters. The highest BCUT2D eigenvalue weighted by molar-refractivity contribution is 6.34. The number of hydrogen-bond acceptors (Lipinski definition) is 5. The first kappa shape index (κ1) is 27.0. The molecule has 5 aromatic rings. The van der Waals surface area contributed by atoms with E-state index in [1.165, 1.54) is 6.21 Å². The Hall–Kier alpha value is -4.59. The minimum absolute atomic E-state index is 0.232. The lowest BCUT2D eigenvalue weighted by Crippen LogP contribution is -2.19. The molecule has 9 heteroatoms. The van der Waals surface area contributed by atoms with Gasteiger partial charge in [0.15, 0.2) is 11.5 Å². The van der Waals surface area contributed by atoms with Gasteiger partial charge < -0.3 is 14.5 Å². The van der Waals surface area contributed by atoms with Crippen LogP contribution >= 0.6 is 23.2 Å². The predicted molar refractivity (Wildman–Crippen MR) is 158 cm³/mol. The number of hydrazone groups is 1. The summed E-state index contributed by atoms with van der Waals surface area (Å²) in [6.07, 6.45) is 1.47. The van der Waals surface area contributed by atoms with Crippen LogP contribution < -0.4 is 14.9 Å². The molecule has 0 fully saturated rings. The Bertz CT molecular complexity index is 1750. The lowest BCUT2D eigenvalue weighted by Gasteiger charge is -2.12. The van der Waals surface area contributed by atoms with Gasteiger partial charge in [-0.15, -0.1) is 0 Å². The van der Waals surface area contributed by atoms with Crippen LogP contribution in [0.15, 0.2) is 96.1 Å². The van der Waals surface area contributed by atoms with Crippen molar-refractivity contribution in [1.82, 2.24) is 10.4 Å². The van der Waals surface area contributed by atoms with Gasteiger partial charge in [-0.1, -0.05) is 71.7 Å². The number of aromatic amines is 1. The summed E-state index contributed by atoms with van der Waals surface area (Å²) in [4.78, 5) is 29.0. The van der Waals surface area contributed by atoms with E-state index in [2.05, 4.69) is 15.5 Å². The minimum atomic E-state index is -0.604. The number of carbonyl (C=O) groups excluding carboxylic acids is 2. The monoisotopic (exact) mass is 571 g/mol. The Morgan fingerprint density at radius 2 is 1.62 bits per heavy atom. The van der Waals surface area contributed by atoms with Crippen molar-refractivity contribution in [2.24, 2.45) is 5.10 Å².